The number of hydrogen-bond donors (Lipinski definition) is 1. The molecule has 2 aromatic rings. The fraction of sp³-hybridized carbons (Fsp3) is 0.250. The van der Waals surface area contributed by atoms with Gasteiger partial charge in [0.2, 0.25) is 11.8 Å². The maximum atomic E-state index is 13.2. The van der Waals surface area contributed by atoms with Crippen molar-refractivity contribution in [3.05, 3.63) is 70.9 Å². The van der Waals surface area contributed by atoms with Crippen LogP contribution >= 0.6 is 0 Å². The molecule has 2 saturated heterocycles. The number of anilines is 2. The lowest BCUT2D eigenvalue weighted by Crippen LogP contribution is -2.45. The first kappa shape index (κ1) is 17.5. The number of fused-ring (bicyclic) bond motifs is 5. The normalized spacial score (nSPS) is 29.4. The van der Waals surface area contributed by atoms with Crippen LogP contribution in [0.2, 0.25) is 0 Å². The zero-order valence-electron chi connectivity index (χ0n) is 15.1. The van der Waals surface area contributed by atoms with Crippen LogP contribution in [0, 0.1) is 22.0 Å². The fourth-order valence-corrected chi connectivity index (χ4v) is 4.37. The summed E-state index contributed by atoms with van der Waals surface area (Å²) in [4.78, 5) is 41.7. The molecule has 1 aromatic heterocycles. The molecule has 0 saturated carbocycles. The van der Waals surface area contributed by atoms with Crippen molar-refractivity contribution >= 4 is 29.0 Å². The topological polar surface area (TPSA) is 115 Å². The van der Waals surface area contributed by atoms with Gasteiger partial charge >= 0.3 is 0 Å². The van der Waals surface area contributed by atoms with E-state index in [0.29, 0.717) is 11.5 Å². The molecule has 3 aliphatic rings. The Morgan fingerprint density at radius 2 is 1.97 bits per heavy atom. The summed E-state index contributed by atoms with van der Waals surface area (Å²) in [6.45, 7) is 0.216. The van der Waals surface area contributed by atoms with Crippen molar-refractivity contribution in [1.29, 1.82) is 0 Å². The van der Waals surface area contributed by atoms with Gasteiger partial charge in [-0.3, -0.25) is 19.7 Å². The third kappa shape index (κ3) is 2.54. The Morgan fingerprint density at radius 1 is 1.17 bits per heavy atom. The first-order valence-corrected chi connectivity index (χ1v) is 9.14. The van der Waals surface area contributed by atoms with Gasteiger partial charge < -0.3 is 10.1 Å². The number of nitrogens with zero attached hydrogens (tertiary/aromatic N) is 3. The third-order valence-corrected chi connectivity index (χ3v) is 5.67. The van der Waals surface area contributed by atoms with Crippen LogP contribution in [0.25, 0.3) is 0 Å². The predicted molar refractivity (Wildman–Crippen MR) is 102 cm³/mol. The molecule has 9 nitrogen and oxygen atoms in total. The van der Waals surface area contributed by atoms with Crippen LogP contribution < -0.4 is 10.2 Å². The lowest BCUT2D eigenvalue weighted by Gasteiger charge is -2.29. The fourth-order valence-electron chi connectivity index (χ4n) is 4.37. The molecular weight excluding hydrogens is 376 g/mol. The zero-order chi connectivity index (χ0) is 20.2. The minimum atomic E-state index is -0.963. The molecule has 4 atom stereocenters. The van der Waals surface area contributed by atoms with Gasteiger partial charge in [-0.2, -0.15) is 0 Å². The number of nitro groups is 1. The minimum absolute atomic E-state index is 0.109. The van der Waals surface area contributed by atoms with E-state index >= 15 is 0 Å². The van der Waals surface area contributed by atoms with E-state index in [0.717, 1.165) is 6.20 Å². The Labute approximate surface area is 165 Å². The Morgan fingerprint density at radius 3 is 2.66 bits per heavy atom. The van der Waals surface area contributed by atoms with E-state index < -0.39 is 28.5 Å². The molecule has 1 aromatic carbocycles. The highest BCUT2D eigenvalue weighted by atomic mass is 16.6. The number of nitrogens with one attached hydrogen (secondary N) is 1. The molecule has 5 rings (SSSR count). The smallest absolute Gasteiger partial charge is 0.287 e. The van der Waals surface area contributed by atoms with Crippen LogP contribution in [0.3, 0.4) is 0 Å². The SMILES string of the molecule is O=C1[C@@H]2[C@@H](C(=O)N1c1ccccc1)[C@]1(CNc3ccc([N+](=O)[O-])cn3)C=C[C@H]2O1. The van der Waals surface area contributed by atoms with Gasteiger partial charge in [-0.25, -0.2) is 9.88 Å². The number of carbonyl (C=O) groups is 2. The first-order chi connectivity index (χ1) is 14.0. The zero-order valence-corrected chi connectivity index (χ0v) is 15.1. The van der Waals surface area contributed by atoms with E-state index in [9.17, 15) is 19.7 Å². The van der Waals surface area contributed by atoms with Gasteiger partial charge in [0.25, 0.3) is 5.69 Å². The molecule has 2 fully saturated rings. The van der Waals surface area contributed by atoms with E-state index in [4.69, 9.17) is 4.74 Å². The molecule has 9 heteroatoms. The molecule has 2 bridgehead atoms. The molecule has 0 radical (unpaired) electrons. The summed E-state index contributed by atoms with van der Waals surface area (Å²) in [6, 6.07) is 11.7. The van der Waals surface area contributed by atoms with Crippen LogP contribution in [-0.4, -0.2) is 40.0 Å². The van der Waals surface area contributed by atoms with Crippen molar-refractivity contribution in [2.24, 2.45) is 11.8 Å². The number of benzene rings is 1. The summed E-state index contributed by atoms with van der Waals surface area (Å²) in [5.74, 6) is -1.30. The molecule has 2 amide bonds. The van der Waals surface area contributed by atoms with E-state index in [1.807, 2.05) is 18.2 Å². The lowest BCUT2D eigenvalue weighted by atomic mass is 9.77. The number of imide groups is 1. The quantitative estimate of drug-likeness (QED) is 0.358. The Hall–Kier alpha value is -3.59. The molecular formula is C20H16N4O5. The van der Waals surface area contributed by atoms with Crippen molar-refractivity contribution in [1.82, 2.24) is 4.98 Å². The molecule has 3 aliphatic heterocycles. The number of para-hydroxylation sites is 1. The Bertz CT molecular complexity index is 1040. The van der Waals surface area contributed by atoms with Gasteiger partial charge in [-0.15, -0.1) is 0 Å². The van der Waals surface area contributed by atoms with Gasteiger partial charge in [0.05, 0.1) is 28.6 Å². The van der Waals surface area contributed by atoms with Crippen molar-refractivity contribution in [3.8, 4) is 0 Å². The largest absolute Gasteiger partial charge is 0.367 e. The summed E-state index contributed by atoms with van der Waals surface area (Å²) >= 11 is 0. The summed E-state index contributed by atoms with van der Waals surface area (Å²) < 4.78 is 6.06. The van der Waals surface area contributed by atoms with Crippen molar-refractivity contribution in [2.45, 2.75) is 11.7 Å². The summed E-state index contributed by atoms with van der Waals surface area (Å²) in [6.07, 6.45) is 4.37. The van der Waals surface area contributed by atoms with Gasteiger partial charge in [-0.05, 0) is 18.2 Å². The van der Waals surface area contributed by atoms with Crippen molar-refractivity contribution in [2.75, 3.05) is 16.8 Å². The molecule has 0 spiro atoms. The molecule has 1 N–H and O–H groups in total. The van der Waals surface area contributed by atoms with E-state index in [2.05, 4.69) is 10.3 Å². The van der Waals surface area contributed by atoms with Crippen LogP contribution in [0.5, 0.6) is 0 Å². The number of amides is 2. The second-order valence-electron chi connectivity index (χ2n) is 7.26. The van der Waals surface area contributed by atoms with Gasteiger partial charge in [0.1, 0.15) is 17.6 Å². The Kier molecular flexibility index (Phi) is 3.75. The standard InChI is InChI=1S/C20H16N4O5/c25-18-16-14-8-9-20(29-14,11-22-15-7-6-13(10-21-15)24(27)28)17(16)19(26)23(18)12-4-2-1-3-5-12/h1-10,14,16-17H,11H2,(H,21,22)/t14-,16+,17+,20-/m1/s1. The third-order valence-electron chi connectivity index (χ3n) is 5.67. The second kappa shape index (κ2) is 6.21. The monoisotopic (exact) mass is 392 g/mol. The Balaban J connectivity index is 1.40. The van der Waals surface area contributed by atoms with Crippen molar-refractivity contribution < 1.29 is 19.2 Å². The average molecular weight is 392 g/mol. The van der Waals surface area contributed by atoms with Crippen LogP contribution in [0.1, 0.15) is 0 Å². The number of aromatic nitrogens is 1. The highest BCUT2D eigenvalue weighted by Gasteiger charge is 2.67. The highest BCUT2D eigenvalue weighted by Crippen LogP contribution is 2.52. The number of hydrogen-bond acceptors (Lipinski definition) is 7. The van der Waals surface area contributed by atoms with E-state index in [-0.39, 0.29) is 24.0 Å². The second-order valence-corrected chi connectivity index (χ2v) is 7.26. The van der Waals surface area contributed by atoms with Gasteiger partial charge in [-0.1, -0.05) is 30.4 Å². The van der Waals surface area contributed by atoms with Crippen molar-refractivity contribution in [3.63, 3.8) is 0 Å². The summed E-state index contributed by atoms with van der Waals surface area (Å²) in [7, 11) is 0. The number of ether oxygens (including phenoxy) is 1. The first-order valence-electron chi connectivity index (χ1n) is 9.14. The predicted octanol–water partition coefficient (Wildman–Crippen LogP) is 1.91. The van der Waals surface area contributed by atoms with Gasteiger partial charge in [0.15, 0.2) is 0 Å². The van der Waals surface area contributed by atoms with E-state index in [1.165, 1.54) is 17.0 Å². The number of carbonyl (C=O) groups excluding carboxylic acids is 2. The highest BCUT2D eigenvalue weighted by molar-refractivity contribution is 6.23. The molecule has 146 valence electrons. The van der Waals surface area contributed by atoms with Crippen LogP contribution in [-0.2, 0) is 14.3 Å². The molecule has 29 heavy (non-hydrogen) atoms. The van der Waals surface area contributed by atoms with Gasteiger partial charge in [0, 0.05) is 12.6 Å². The number of rotatable bonds is 5. The number of pyridine rings is 1. The summed E-state index contributed by atoms with van der Waals surface area (Å²) in [5.41, 5.74) is -0.520. The van der Waals surface area contributed by atoms with E-state index in [1.54, 1.807) is 24.3 Å². The summed E-state index contributed by atoms with van der Waals surface area (Å²) in [5, 5.41) is 13.8. The molecule has 0 aliphatic carbocycles. The minimum Gasteiger partial charge on any atom is -0.367 e. The lowest BCUT2D eigenvalue weighted by molar-refractivity contribution is -0.385. The maximum Gasteiger partial charge on any atom is 0.287 e. The maximum absolute atomic E-state index is 13.2. The van der Waals surface area contributed by atoms with Crippen LogP contribution in [0.4, 0.5) is 17.2 Å². The van der Waals surface area contributed by atoms with Crippen LogP contribution in [0.15, 0.2) is 60.8 Å². The molecule has 4 heterocycles. The average Bonchev–Trinajstić information content (AvgIpc) is 3.38. The molecule has 0 unspecified atom stereocenters.